The van der Waals surface area contributed by atoms with Gasteiger partial charge in [0.1, 0.15) is 0 Å². The molecule has 0 radical (unpaired) electrons. The maximum atomic E-state index is 6.49. The minimum Gasteiger partial charge on any atom is -0.453 e. The number of ether oxygens (including phenoxy) is 2. The molecule has 0 N–H and O–H groups in total. The first kappa shape index (κ1) is 28.9. The number of para-hydroxylation sites is 8. The first-order chi connectivity index (χ1) is 26.3. The van der Waals surface area contributed by atoms with Crippen LogP contribution in [0, 0.1) is 5.92 Å². The number of benzene rings is 7. The molecule has 2 aliphatic heterocycles. The number of hydrogen-bond acceptors (Lipinski definition) is 4. The van der Waals surface area contributed by atoms with Crippen molar-refractivity contribution < 1.29 is 9.47 Å². The predicted molar refractivity (Wildman–Crippen MR) is 212 cm³/mol. The molecule has 0 amide bonds. The van der Waals surface area contributed by atoms with Gasteiger partial charge in [0, 0.05) is 23.1 Å². The summed E-state index contributed by atoms with van der Waals surface area (Å²) in [6.07, 6.45) is 7.10. The van der Waals surface area contributed by atoms with Crippen molar-refractivity contribution in [3.05, 3.63) is 210 Å². The Bertz CT molecular complexity index is 2650. The number of anilines is 5. The van der Waals surface area contributed by atoms with Crippen molar-refractivity contribution >= 4 is 28.4 Å². The molecule has 1 spiro atoms. The van der Waals surface area contributed by atoms with Gasteiger partial charge in [-0.3, -0.25) is 0 Å². The molecule has 53 heavy (non-hydrogen) atoms. The molecule has 250 valence electrons. The molecule has 2 heterocycles. The zero-order valence-electron chi connectivity index (χ0n) is 28.7. The number of fused-ring (bicyclic) bond motifs is 14. The minimum atomic E-state index is -0.421. The Balaban J connectivity index is 1.12. The van der Waals surface area contributed by atoms with Crippen LogP contribution in [-0.4, -0.2) is 0 Å². The highest BCUT2D eigenvalue weighted by Crippen LogP contribution is 2.69. The third kappa shape index (κ3) is 3.69. The van der Waals surface area contributed by atoms with Gasteiger partial charge in [0.05, 0.1) is 33.9 Å². The molecule has 4 heteroatoms. The fourth-order valence-corrected chi connectivity index (χ4v) is 10.1. The van der Waals surface area contributed by atoms with E-state index in [1.54, 1.807) is 0 Å². The number of hydrogen-bond donors (Lipinski definition) is 0. The number of nitrogens with zero attached hydrogens (tertiary/aromatic N) is 2. The molecular weight excluding hydrogens is 649 g/mol. The maximum Gasteiger partial charge on any atom is 0.151 e. The second-order valence-corrected chi connectivity index (χ2v) is 14.4. The molecule has 0 saturated heterocycles. The molecule has 7 aromatic rings. The van der Waals surface area contributed by atoms with E-state index in [1.165, 1.54) is 39.1 Å². The Labute approximate surface area is 308 Å². The fourth-order valence-electron chi connectivity index (χ4n) is 10.1. The van der Waals surface area contributed by atoms with Crippen LogP contribution in [0.5, 0.6) is 23.0 Å². The van der Waals surface area contributed by atoms with Gasteiger partial charge in [0.25, 0.3) is 0 Å². The maximum absolute atomic E-state index is 6.49. The van der Waals surface area contributed by atoms with E-state index >= 15 is 0 Å². The molecule has 12 rings (SSSR count). The molecule has 3 unspecified atom stereocenters. The van der Waals surface area contributed by atoms with Crippen molar-refractivity contribution in [1.82, 2.24) is 0 Å². The molecular formula is C49H32N2O2. The first-order valence-electron chi connectivity index (χ1n) is 18.4. The summed E-state index contributed by atoms with van der Waals surface area (Å²) in [4.78, 5) is 4.86. The molecule has 3 atom stereocenters. The summed E-state index contributed by atoms with van der Waals surface area (Å²) in [7, 11) is 0. The van der Waals surface area contributed by atoms with E-state index in [1.807, 2.05) is 12.1 Å². The van der Waals surface area contributed by atoms with Crippen LogP contribution in [0.25, 0.3) is 11.1 Å². The zero-order valence-corrected chi connectivity index (χ0v) is 28.7. The predicted octanol–water partition coefficient (Wildman–Crippen LogP) is 12.7. The van der Waals surface area contributed by atoms with Crippen LogP contribution in [0.1, 0.15) is 28.2 Å². The van der Waals surface area contributed by atoms with E-state index in [2.05, 4.69) is 180 Å². The van der Waals surface area contributed by atoms with Gasteiger partial charge in [-0.1, -0.05) is 121 Å². The van der Waals surface area contributed by atoms with E-state index in [0.717, 1.165) is 51.4 Å². The lowest BCUT2D eigenvalue weighted by atomic mass is 9.65. The van der Waals surface area contributed by atoms with Gasteiger partial charge in [-0.25, -0.2) is 0 Å². The van der Waals surface area contributed by atoms with Crippen LogP contribution in [-0.2, 0) is 5.41 Å². The van der Waals surface area contributed by atoms with Crippen molar-refractivity contribution in [2.24, 2.45) is 5.92 Å². The van der Waals surface area contributed by atoms with Crippen LogP contribution < -0.4 is 19.3 Å². The van der Waals surface area contributed by atoms with E-state index in [4.69, 9.17) is 9.47 Å². The lowest BCUT2D eigenvalue weighted by Crippen LogP contribution is -2.36. The molecule has 5 aliphatic rings. The largest absolute Gasteiger partial charge is 0.453 e. The zero-order chi connectivity index (χ0) is 34.7. The molecule has 0 bridgehead atoms. The van der Waals surface area contributed by atoms with Crippen molar-refractivity contribution in [2.75, 3.05) is 9.80 Å². The third-order valence-electron chi connectivity index (χ3n) is 11.9. The van der Waals surface area contributed by atoms with E-state index in [0.29, 0.717) is 0 Å². The molecule has 3 aliphatic carbocycles. The van der Waals surface area contributed by atoms with Gasteiger partial charge in [-0.15, -0.1) is 0 Å². The van der Waals surface area contributed by atoms with Crippen molar-refractivity contribution in [2.45, 2.75) is 11.3 Å². The van der Waals surface area contributed by atoms with Crippen molar-refractivity contribution in [3.63, 3.8) is 0 Å². The first-order valence-corrected chi connectivity index (χ1v) is 18.4. The molecule has 0 saturated carbocycles. The summed E-state index contributed by atoms with van der Waals surface area (Å²) in [6, 6.07) is 58.9. The van der Waals surface area contributed by atoms with Gasteiger partial charge in [-0.2, -0.15) is 0 Å². The summed E-state index contributed by atoms with van der Waals surface area (Å²) >= 11 is 0. The van der Waals surface area contributed by atoms with Crippen LogP contribution >= 0.6 is 0 Å². The molecule has 7 aromatic carbocycles. The van der Waals surface area contributed by atoms with E-state index < -0.39 is 5.41 Å². The summed E-state index contributed by atoms with van der Waals surface area (Å²) in [5, 5.41) is 0. The Hall–Kier alpha value is -6.78. The van der Waals surface area contributed by atoms with E-state index in [-0.39, 0.29) is 11.8 Å². The van der Waals surface area contributed by atoms with Crippen molar-refractivity contribution in [1.29, 1.82) is 0 Å². The molecule has 4 nitrogen and oxygen atoms in total. The standard InChI is InChI=1S/C49H32N2O2/c1-3-17-33-31(15-1)47-35(19-13-25-41(47)50-37-21-5-9-27-43(37)52-44-28-10-6-22-38(44)50)49(33)34-18-4-2-16-32(34)48-36(49)20-14-26-42(48)51-39-23-7-11-29-45(39)53-46-30-12-8-24-40(46)51/h1-30,35,47H. The highest BCUT2D eigenvalue weighted by molar-refractivity contribution is 5.99. The van der Waals surface area contributed by atoms with E-state index in [9.17, 15) is 0 Å². The lowest BCUT2D eigenvalue weighted by molar-refractivity contribution is 0.445. The molecule has 0 fully saturated rings. The summed E-state index contributed by atoms with van der Waals surface area (Å²) in [6.45, 7) is 0. The highest BCUT2D eigenvalue weighted by Gasteiger charge is 2.59. The topological polar surface area (TPSA) is 24.9 Å². The van der Waals surface area contributed by atoms with Crippen LogP contribution in [0.4, 0.5) is 28.4 Å². The smallest absolute Gasteiger partial charge is 0.151 e. The summed E-state index contributed by atoms with van der Waals surface area (Å²) in [5.74, 6) is 3.64. The second-order valence-electron chi connectivity index (χ2n) is 14.4. The highest BCUT2D eigenvalue weighted by atomic mass is 16.5. The number of rotatable bonds is 2. The van der Waals surface area contributed by atoms with Crippen LogP contribution in [0.3, 0.4) is 0 Å². The SMILES string of the molecule is C1=CC2C(C(N3c4ccccc4Oc4ccccc43)=C1)c1ccccc1C21c2ccccc2-c2c(N3c4ccccc4Oc4ccccc43)cccc21. The monoisotopic (exact) mass is 680 g/mol. The van der Waals surface area contributed by atoms with Crippen LogP contribution in [0.15, 0.2) is 188 Å². The second kappa shape index (κ2) is 10.6. The average molecular weight is 681 g/mol. The quantitative estimate of drug-likeness (QED) is 0.181. The Kier molecular flexibility index (Phi) is 5.79. The summed E-state index contributed by atoms with van der Waals surface area (Å²) < 4.78 is 13.0. The third-order valence-corrected chi connectivity index (χ3v) is 11.9. The van der Waals surface area contributed by atoms with Gasteiger partial charge < -0.3 is 19.3 Å². The van der Waals surface area contributed by atoms with Crippen molar-refractivity contribution in [3.8, 4) is 34.1 Å². The van der Waals surface area contributed by atoms with Gasteiger partial charge in [0.15, 0.2) is 23.0 Å². The van der Waals surface area contributed by atoms with Crippen LogP contribution in [0.2, 0.25) is 0 Å². The fraction of sp³-hybridized carbons (Fsp3) is 0.0612. The number of allylic oxidation sites excluding steroid dienone is 4. The lowest BCUT2D eigenvalue weighted by Gasteiger charge is -2.42. The Morgan fingerprint density at radius 2 is 0.925 bits per heavy atom. The average Bonchev–Trinajstić information content (AvgIpc) is 3.70. The normalized spacial score (nSPS) is 20.4. The Morgan fingerprint density at radius 3 is 1.57 bits per heavy atom. The minimum absolute atomic E-state index is 0.0860. The van der Waals surface area contributed by atoms with Gasteiger partial charge >= 0.3 is 0 Å². The van der Waals surface area contributed by atoms with Gasteiger partial charge in [-0.05, 0) is 88.5 Å². The summed E-state index contributed by atoms with van der Waals surface area (Å²) in [5.41, 5.74) is 14.2. The van der Waals surface area contributed by atoms with Gasteiger partial charge in [0.2, 0.25) is 0 Å². The molecule has 0 aromatic heterocycles. The Morgan fingerprint density at radius 1 is 0.434 bits per heavy atom.